The van der Waals surface area contributed by atoms with Crippen molar-refractivity contribution in [3.63, 3.8) is 0 Å². The minimum Gasteiger partial charge on any atom is -0.454 e. The number of hydrogen-bond donors (Lipinski definition) is 2. The first-order valence-corrected chi connectivity index (χ1v) is 9.87. The van der Waals surface area contributed by atoms with Gasteiger partial charge >= 0.3 is 6.03 Å². The zero-order chi connectivity index (χ0) is 21.3. The number of nitrogens with one attached hydrogen (secondary N) is 2. The molecule has 0 unspecified atom stereocenters. The SMILES string of the molecule is O=C(C[C@@H]1NC(=O)N(Cc2ccc3c(c2)OCO3)C1=O)NCc1ccc(Cl)cc1Cl. The van der Waals surface area contributed by atoms with Crippen LogP contribution in [0.2, 0.25) is 10.0 Å². The molecule has 0 bridgehead atoms. The molecule has 0 aromatic heterocycles. The van der Waals surface area contributed by atoms with Crippen LogP contribution in [0, 0.1) is 0 Å². The number of urea groups is 1. The molecule has 10 heteroatoms. The zero-order valence-corrected chi connectivity index (χ0v) is 17.1. The molecular formula is C20H17Cl2N3O5. The van der Waals surface area contributed by atoms with Crippen LogP contribution in [0.1, 0.15) is 17.5 Å². The van der Waals surface area contributed by atoms with E-state index in [4.69, 9.17) is 32.7 Å². The summed E-state index contributed by atoms with van der Waals surface area (Å²) in [6.07, 6.45) is -0.173. The van der Waals surface area contributed by atoms with Gasteiger partial charge in [0, 0.05) is 16.6 Å². The Morgan fingerprint density at radius 2 is 1.93 bits per heavy atom. The normalized spacial score (nSPS) is 17.3. The average Bonchev–Trinajstić information content (AvgIpc) is 3.27. The molecule has 8 nitrogen and oxygen atoms in total. The van der Waals surface area contributed by atoms with E-state index in [9.17, 15) is 14.4 Å². The molecule has 2 aromatic rings. The zero-order valence-electron chi connectivity index (χ0n) is 15.6. The Kier molecular flexibility index (Phi) is 5.69. The molecule has 1 atom stereocenters. The molecule has 30 heavy (non-hydrogen) atoms. The summed E-state index contributed by atoms with van der Waals surface area (Å²) >= 11 is 11.9. The van der Waals surface area contributed by atoms with E-state index in [2.05, 4.69) is 10.6 Å². The Hall–Kier alpha value is -2.97. The molecule has 156 valence electrons. The molecule has 2 heterocycles. The lowest BCUT2D eigenvalue weighted by Crippen LogP contribution is -2.36. The minimum absolute atomic E-state index is 0.0693. The molecule has 2 aliphatic rings. The molecule has 0 radical (unpaired) electrons. The van der Waals surface area contributed by atoms with Gasteiger partial charge in [-0.3, -0.25) is 14.5 Å². The summed E-state index contributed by atoms with van der Waals surface area (Å²) in [5.41, 5.74) is 1.41. The van der Waals surface area contributed by atoms with Gasteiger partial charge in [-0.1, -0.05) is 35.3 Å². The number of halogens is 2. The predicted molar refractivity (Wildman–Crippen MR) is 108 cm³/mol. The van der Waals surface area contributed by atoms with Crippen LogP contribution in [0.15, 0.2) is 36.4 Å². The van der Waals surface area contributed by atoms with Crippen molar-refractivity contribution in [3.05, 3.63) is 57.6 Å². The highest BCUT2D eigenvalue weighted by molar-refractivity contribution is 6.35. The topological polar surface area (TPSA) is 97.0 Å². The summed E-state index contributed by atoms with van der Waals surface area (Å²) in [4.78, 5) is 38.2. The van der Waals surface area contributed by atoms with Gasteiger partial charge in [-0.15, -0.1) is 0 Å². The third-order valence-corrected chi connectivity index (χ3v) is 5.35. The molecule has 1 fully saturated rings. The number of ether oxygens (including phenoxy) is 2. The van der Waals surface area contributed by atoms with Gasteiger partial charge in [0.1, 0.15) is 6.04 Å². The first-order chi connectivity index (χ1) is 14.4. The number of fused-ring (bicyclic) bond motifs is 1. The van der Waals surface area contributed by atoms with E-state index in [0.717, 1.165) is 4.90 Å². The van der Waals surface area contributed by atoms with Crippen LogP contribution < -0.4 is 20.1 Å². The monoisotopic (exact) mass is 449 g/mol. The van der Waals surface area contributed by atoms with E-state index in [1.54, 1.807) is 36.4 Å². The van der Waals surface area contributed by atoms with Gasteiger partial charge in [0.25, 0.3) is 5.91 Å². The van der Waals surface area contributed by atoms with Crippen LogP contribution in [0.4, 0.5) is 4.79 Å². The average molecular weight is 450 g/mol. The molecule has 0 aliphatic carbocycles. The summed E-state index contributed by atoms with van der Waals surface area (Å²) in [7, 11) is 0. The molecule has 2 aliphatic heterocycles. The predicted octanol–water partition coefficient (Wildman–Crippen LogP) is 2.85. The molecular weight excluding hydrogens is 433 g/mol. The highest BCUT2D eigenvalue weighted by atomic mass is 35.5. The van der Waals surface area contributed by atoms with Gasteiger partial charge in [0.05, 0.1) is 13.0 Å². The van der Waals surface area contributed by atoms with Crippen molar-refractivity contribution in [2.24, 2.45) is 0 Å². The summed E-state index contributed by atoms with van der Waals surface area (Å²) in [6.45, 7) is 0.394. The molecule has 0 spiro atoms. The quantitative estimate of drug-likeness (QED) is 0.660. The van der Waals surface area contributed by atoms with E-state index in [1.165, 1.54) is 0 Å². The van der Waals surface area contributed by atoms with Gasteiger partial charge in [-0.05, 0) is 35.4 Å². The third-order valence-electron chi connectivity index (χ3n) is 4.77. The Bertz CT molecular complexity index is 1030. The number of nitrogens with zero attached hydrogens (tertiary/aromatic N) is 1. The number of imide groups is 1. The largest absolute Gasteiger partial charge is 0.454 e. The van der Waals surface area contributed by atoms with Crippen molar-refractivity contribution in [3.8, 4) is 11.5 Å². The van der Waals surface area contributed by atoms with E-state index in [1.807, 2.05) is 0 Å². The number of carbonyl (C=O) groups is 3. The lowest BCUT2D eigenvalue weighted by atomic mass is 10.1. The fourth-order valence-corrected chi connectivity index (χ4v) is 3.68. The summed E-state index contributed by atoms with van der Waals surface area (Å²) in [6, 6.07) is 8.69. The van der Waals surface area contributed by atoms with Gasteiger partial charge in [0.2, 0.25) is 12.7 Å². The van der Waals surface area contributed by atoms with Gasteiger partial charge in [0.15, 0.2) is 11.5 Å². The lowest BCUT2D eigenvalue weighted by Gasteiger charge is -2.13. The summed E-state index contributed by atoms with van der Waals surface area (Å²) in [5, 5.41) is 6.18. The van der Waals surface area contributed by atoms with Crippen molar-refractivity contribution in [1.82, 2.24) is 15.5 Å². The second-order valence-corrected chi connectivity index (χ2v) is 7.67. The van der Waals surface area contributed by atoms with Crippen LogP contribution in [0.25, 0.3) is 0 Å². The Balaban J connectivity index is 1.33. The summed E-state index contributed by atoms with van der Waals surface area (Å²) < 4.78 is 10.6. The maximum Gasteiger partial charge on any atom is 0.325 e. The van der Waals surface area contributed by atoms with Crippen LogP contribution in [0.5, 0.6) is 11.5 Å². The van der Waals surface area contributed by atoms with Gasteiger partial charge in [-0.2, -0.15) is 0 Å². The standard InChI is InChI=1S/C20H17Cl2N3O5/c21-13-3-2-12(14(22)6-13)8-23-18(26)7-15-19(27)25(20(28)24-15)9-11-1-4-16-17(5-11)30-10-29-16/h1-6,15H,7-10H2,(H,23,26)(H,24,28)/t15-/m0/s1. The van der Waals surface area contributed by atoms with Crippen molar-refractivity contribution in [1.29, 1.82) is 0 Å². The van der Waals surface area contributed by atoms with Gasteiger partial charge < -0.3 is 20.1 Å². The van der Waals surface area contributed by atoms with Crippen molar-refractivity contribution in [2.75, 3.05) is 6.79 Å². The number of hydrogen-bond acceptors (Lipinski definition) is 5. The lowest BCUT2D eigenvalue weighted by molar-refractivity contribution is -0.131. The van der Waals surface area contributed by atoms with Crippen molar-refractivity contribution < 1.29 is 23.9 Å². The van der Waals surface area contributed by atoms with Crippen LogP contribution in [0.3, 0.4) is 0 Å². The van der Waals surface area contributed by atoms with E-state index >= 15 is 0 Å². The highest BCUT2D eigenvalue weighted by Gasteiger charge is 2.39. The second-order valence-electron chi connectivity index (χ2n) is 6.83. The molecule has 2 aromatic carbocycles. The van der Waals surface area contributed by atoms with Gasteiger partial charge in [-0.25, -0.2) is 4.79 Å². The van der Waals surface area contributed by atoms with Crippen LogP contribution in [-0.4, -0.2) is 35.6 Å². The number of amides is 4. The van der Waals surface area contributed by atoms with Crippen molar-refractivity contribution in [2.45, 2.75) is 25.6 Å². The molecule has 2 N–H and O–H groups in total. The molecule has 0 saturated carbocycles. The minimum atomic E-state index is -0.924. The first kappa shape index (κ1) is 20.3. The fraction of sp³-hybridized carbons (Fsp3) is 0.250. The van der Waals surface area contributed by atoms with Crippen LogP contribution in [-0.2, 0) is 22.7 Å². The number of rotatable bonds is 6. The number of carbonyl (C=O) groups excluding carboxylic acids is 3. The Morgan fingerprint density at radius 3 is 2.73 bits per heavy atom. The fourth-order valence-electron chi connectivity index (χ4n) is 3.20. The number of benzene rings is 2. The molecule has 1 saturated heterocycles. The highest BCUT2D eigenvalue weighted by Crippen LogP contribution is 2.33. The Labute approximate surface area is 182 Å². The first-order valence-electron chi connectivity index (χ1n) is 9.12. The molecule has 4 amide bonds. The maximum absolute atomic E-state index is 12.6. The van der Waals surface area contributed by atoms with E-state index < -0.39 is 18.0 Å². The maximum atomic E-state index is 12.6. The van der Waals surface area contributed by atoms with E-state index in [-0.39, 0.29) is 32.2 Å². The smallest absolute Gasteiger partial charge is 0.325 e. The third kappa shape index (κ3) is 4.29. The molecule has 4 rings (SSSR count). The van der Waals surface area contributed by atoms with E-state index in [0.29, 0.717) is 32.7 Å². The summed E-state index contributed by atoms with van der Waals surface area (Å²) in [5.74, 6) is 0.338. The van der Waals surface area contributed by atoms with Crippen molar-refractivity contribution >= 4 is 41.0 Å². The van der Waals surface area contributed by atoms with Crippen LogP contribution >= 0.6 is 23.2 Å². The Morgan fingerprint density at radius 1 is 1.13 bits per heavy atom. The second kappa shape index (κ2) is 8.41.